The normalized spacial score (nSPS) is 23.0. The first-order chi connectivity index (χ1) is 12.5. The zero-order valence-electron chi connectivity index (χ0n) is 14.6. The van der Waals surface area contributed by atoms with Crippen LogP contribution in [0.4, 0.5) is 0 Å². The number of halogens is 2. The number of para-hydroxylation sites is 1. The smallest absolute Gasteiger partial charge is 0.293 e. The van der Waals surface area contributed by atoms with E-state index in [0.717, 1.165) is 39.0 Å². The van der Waals surface area contributed by atoms with Gasteiger partial charge in [-0.25, -0.2) is 9.67 Å². The van der Waals surface area contributed by atoms with Crippen LogP contribution in [0.5, 0.6) is 0 Å². The minimum atomic E-state index is -0.122. The van der Waals surface area contributed by atoms with Crippen LogP contribution in [0.25, 0.3) is 5.69 Å². The SMILES string of the molecule is Cc1nc(C(=O)N2CC[C@@H]3CNC[C@@H]3CC2)nn1-c1c(Cl)cccc1Cl. The van der Waals surface area contributed by atoms with E-state index in [1.165, 1.54) is 0 Å². The molecule has 138 valence electrons. The third-order valence-electron chi connectivity index (χ3n) is 5.42. The lowest BCUT2D eigenvalue weighted by Gasteiger charge is -2.19. The summed E-state index contributed by atoms with van der Waals surface area (Å²) >= 11 is 12.6. The number of benzene rings is 1. The van der Waals surface area contributed by atoms with Crippen molar-refractivity contribution in [3.63, 3.8) is 0 Å². The predicted octanol–water partition coefficient (Wildman–Crippen LogP) is 2.95. The highest BCUT2D eigenvalue weighted by Gasteiger charge is 2.32. The van der Waals surface area contributed by atoms with Crippen LogP contribution in [0, 0.1) is 18.8 Å². The Hall–Kier alpha value is -1.63. The Bertz CT molecular complexity index is 803. The van der Waals surface area contributed by atoms with E-state index >= 15 is 0 Å². The summed E-state index contributed by atoms with van der Waals surface area (Å²) in [5.74, 6) is 2.00. The molecule has 2 fully saturated rings. The fourth-order valence-electron chi connectivity index (χ4n) is 3.95. The summed E-state index contributed by atoms with van der Waals surface area (Å²) in [6.45, 7) is 5.42. The lowest BCUT2D eigenvalue weighted by Crippen LogP contribution is -2.33. The second-order valence-electron chi connectivity index (χ2n) is 7.01. The van der Waals surface area contributed by atoms with Gasteiger partial charge in [-0.3, -0.25) is 4.79 Å². The Kier molecular flexibility index (Phi) is 4.90. The van der Waals surface area contributed by atoms with Gasteiger partial charge in [0.25, 0.3) is 5.91 Å². The van der Waals surface area contributed by atoms with Crippen molar-refractivity contribution < 1.29 is 4.79 Å². The number of amides is 1. The third-order valence-corrected chi connectivity index (χ3v) is 6.03. The predicted molar refractivity (Wildman–Crippen MR) is 101 cm³/mol. The number of hydrogen-bond acceptors (Lipinski definition) is 4. The first-order valence-corrected chi connectivity index (χ1v) is 9.68. The molecular formula is C18H21Cl2N5O. The molecule has 1 aromatic carbocycles. The summed E-state index contributed by atoms with van der Waals surface area (Å²) in [7, 11) is 0. The number of carbonyl (C=O) groups is 1. The highest BCUT2D eigenvalue weighted by atomic mass is 35.5. The molecule has 8 heteroatoms. The van der Waals surface area contributed by atoms with Gasteiger partial charge in [0.2, 0.25) is 5.82 Å². The van der Waals surface area contributed by atoms with Crippen LogP contribution in [0.2, 0.25) is 10.0 Å². The van der Waals surface area contributed by atoms with Crippen molar-refractivity contribution in [2.24, 2.45) is 11.8 Å². The molecule has 0 saturated carbocycles. The van der Waals surface area contributed by atoms with E-state index in [4.69, 9.17) is 23.2 Å². The molecule has 2 saturated heterocycles. The van der Waals surface area contributed by atoms with Gasteiger partial charge >= 0.3 is 0 Å². The zero-order valence-corrected chi connectivity index (χ0v) is 16.1. The van der Waals surface area contributed by atoms with Crippen LogP contribution in [0.1, 0.15) is 29.3 Å². The number of nitrogens with zero attached hydrogens (tertiary/aromatic N) is 4. The van der Waals surface area contributed by atoms with Gasteiger partial charge in [0, 0.05) is 13.1 Å². The Labute approximate surface area is 162 Å². The first kappa shape index (κ1) is 17.8. The molecule has 1 amide bonds. The van der Waals surface area contributed by atoms with Crippen molar-refractivity contribution in [2.45, 2.75) is 19.8 Å². The zero-order chi connectivity index (χ0) is 18.3. The van der Waals surface area contributed by atoms with Crippen molar-refractivity contribution in [3.8, 4) is 5.69 Å². The lowest BCUT2D eigenvalue weighted by atomic mass is 9.92. The molecule has 0 unspecified atom stereocenters. The minimum absolute atomic E-state index is 0.122. The fraction of sp³-hybridized carbons (Fsp3) is 0.500. The van der Waals surface area contributed by atoms with Gasteiger partial charge in [0.1, 0.15) is 11.5 Å². The van der Waals surface area contributed by atoms with E-state index in [1.54, 1.807) is 29.8 Å². The Morgan fingerprint density at radius 3 is 2.38 bits per heavy atom. The van der Waals surface area contributed by atoms with Gasteiger partial charge in [-0.05, 0) is 56.8 Å². The number of likely N-dealkylation sites (tertiary alicyclic amines) is 1. The molecule has 0 spiro atoms. The molecule has 0 bridgehead atoms. The molecule has 0 radical (unpaired) electrons. The molecule has 1 aromatic heterocycles. The summed E-state index contributed by atoms with van der Waals surface area (Å²) in [5.41, 5.74) is 0.552. The molecule has 2 aliphatic heterocycles. The maximum atomic E-state index is 12.9. The maximum Gasteiger partial charge on any atom is 0.293 e. The topological polar surface area (TPSA) is 63.1 Å². The summed E-state index contributed by atoms with van der Waals surface area (Å²) < 4.78 is 1.55. The van der Waals surface area contributed by atoms with Crippen LogP contribution in [0.15, 0.2) is 18.2 Å². The van der Waals surface area contributed by atoms with E-state index in [2.05, 4.69) is 15.4 Å². The first-order valence-electron chi connectivity index (χ1n) is 8.92. The van der Waals surface area contributed by atoms with Gasteiger partial charge in [0.05, 0.1) is 10.0 Å². The summed E-state index contributed by atoms with van der Waals surface area (Å²) in [5, 5.41) is 8.81. The molecule has 0 aliphatic carbocycles. The second kappa shape index (κ2) is 7.18. The third kappa shape index (κ3) is 3.21. The number of hydrogen-bond donors (Lipinski definition) is 1. The number of nitrogens with one attached hydrogen (secondary N) is 1. The van der Waals surface area contributed by atoms with E-state index in [1.807, 2.05) is 4.90 Å². The van der Waals surface area contributed by atoms with Crippen LogP contribution >= 0.6 is 23.2 Å². The van der Waals surface area contributed by atoms with Gasteiger partial charge in [0.15, 0.2) is 0 Å². The molecule has 2 aromatic rings. The average molecular weight is 394 g/mol. The van der Waals surface area contributed by atoms with Crippen molar-refractivity contribution in [3.05, 3.63) is 39.9 Å². The number of aryl methyl sites for hydroxylation is 1. The van der Waals surface area contributed by atoms with Gasteiger partial charge in [-0.2, -0.15) is 0 Å². The summed E-state index contributed by atoms with van der Waals surface area (Å²) in [4.78, 5) is 19.2. The van der Waals surface area contributed by atoms with Crippen LogP contribution in [-0.4, -0.2) is 51.8 Å². The number of carbonyl (C=O) groups excluding carboxylic acids is 1. The molecule has 26 heavy (non-hydrogen) atoms. The quantitative estimate of drug-likeness (QED) is 0.851. The average Bonchev–Trinajstić information content (AvgIpc) is 3.16. The Balaban J connectivity index is 1.58. The van der Waals surface area contributed by atoms with Crippen LogP contribution in [-0.2, 0) is 0 Å². The second-order valence-corrected chi connectivity index (χ2v) is 7.83. The standard InChI is InChI=1S/C18H21Cl2N5O/c1-11-22-17(23-25(11)16-14(19)3-2-4-15(16)20)18(26)24-7-5-12-9-21-10-13(12)6-8-24/h2-4,12-13,21H,5-10H2,1H3/t12-,13+. The highest BCUT2D eigenvalue weighted by Crippen LogP contribution is 2.29. The fourth-order valence-corrected chi connectivity index (χ4v) is 4.50. The van der Waals surface area contributed by atoms with E-state index in [0.29, 0.717) is 33.4 Å². The van der Waals surface area contributed by atoms with Crippen molar-refractivity contribution in [1.29, 1.82) is 0 Å². The van der Waals surface area contributed by atoms with Crippen molar-refractivity contribution in [1.82, 2.24) is 25.0 Å². The molecule has 1 N–H and O–H groups in total. The van der Waals surface area contributed by atoms with E-state index < -0.39 is 0 Å². The minimum Gasteiger partial charge on any atom is -0.336 e. The van der Waals surface area contributed by atoms with Crippen molar-refractivity contribution in [2.75, 3.05) is 26.2 Å². The molecular weight excluding hydrogens is 373 g/mol. The number of rotatable bonds is 2. The van der Waals surface area contributed by atoms with E-state index in [-0.39, 0.29) is 11.7 Å². The monoisotopic (exact) mass is 393 g/mol. The van der Waals surface area contributed by atoms with Gasteiger partial charge in [-0.15, -0.1) is 5.10 Å². The number of fused-ring (bicyclic) bond motifs is 1. The lowest BCUT2D eigenvalue weighted by molar-refractivity contribution is 0.0746. The largest absolute Gasteiger partial charge is 0.336 e. The van der Waals surface area contributed by atoms with Crippen LogP contribution < -0.4 is 5.32 Å². The summed E-state index contributed by atoms with van der Waals surface area (Å²) in [6.07, 6.45) is 2.05. The molecule has 2 atom stereocenters. The van der Waals surface area contributed by atoms with Gasteiger partial charge in [-0.1, -0.05) is 29.3 Å². The van der Waals surface area contributed by atoms with Crippen molar-refractivity contribution >= 4 is 29.1 Å². The number of aromatic nitrogens is 3. The molecule has 6 nitrogen and oxygen atoms in total. The van der Waals surface area contributed by atoms with Gasteiger partial charge < -0.3 is 10.2 Å². The molecule has 3 heterocycles. The summed E-state index contributed by atoms with van der Waals surface area (Å²) in [6, 6.07) is 5.26. The molecule has 4 rings (SSSR count). The Morgan fingerprint density at radius 1 is 1.15 bits per heavy atom. The highest BCUT2D eigenvalue weighted by molar-refractivity contribution is 6.37. The molecule has 2 aliphatic rings. The van der Waals surface area contributed by atoms with Crippen LogP contribution in [0.3, 0.4) is 0 Å². The maximum absolute atomic E-state index is 12.9. The Morgan fingerprint density at radius 2 is 1.77 bits per heavy atom. The van der Waals surface area contributed by atoms with E-state index in [9.17, 15) is 4.79 Å².